The number of aryl methyl sites for hydroxylation is 3. The van der Waals surface area contributed by atoms with E-state index in [-0.39, 0.29) is 17.3 Å². The Bertz CT molecular complexity index is 599. The summed E-state index contributed by atoms with van der Waals surface area (Å²) in [5.41, 5.74) is 2.50. The van der Waals surface area contributed by atoms with Gasteiger partial charge >= 0.3 is 5.97 Å². The van der Waals surface area contributed by atoms with Crippen molar-refractivity contribution < 1.29 is 14.1 Å². The van der Waals surface area contributed by atoms with Crippen molar-refractivity contribution in [2.24, 2.45) is 0 Å². The van der Waals surface area contributed by atoms with Gasteiger partial charge in [0.25, 0.3) is 0 Å². The van der Waals surface area contributed by atoms with Gasteiger partial charge in [-0.15, -0.1) is 0 Å². The van der Waals surface area contributed by atoms with Crippen LogP contribution in [0.15, 0.2) is 16.7 Å². The van der Waals surface area contributed by atoms with Crippen molar-refractivity contribution in [1.82, 2.24) is 10.1 Å². The van der Waals surface area contributed by atoms with Crippen LogP contribution in [0, 0.1) is 20.8 Å². The van der Waals surface area contributed by atoms with Crippen LogP contribution < -0.4 is 0 Å². The van der Waals surface area contributed by atoms with E-state index in [1.165, 1.54) is 0 Å². The molecule has 19 heavy (non-hydrogen) atoms. The second kappa shape index (κ2) is 5.40. The van der Waals surface area contributed by atoms with E-state index in [4.69, 9.17) is 20.9 Å². The number of hydrogen-bond acceptors (Lipinski definition) is 5. The number of esters is 1. The van der Waals surface area contributed by atoms with Crippen molar-refractivity contribution in [2.75, 3.05) is 0 Å². The molecule has 6 heteroatoms. The van der Waals surface area contributed by atoms with Gasteiger partial charge in [0.1, 0.15) is 5.15 Å². The van der Waals surface area contributed by atoms with Crippen molar-refractivity contribution in [2.45, 2.75) is 27.4 Å². The van der Waals surface area contributed by atoms with E-state index in [2.05, 4.69) is 10.1 Å². The zero-order valence-electron chi connectivity index (χ0n) is 10.9. The largest absolute Gasteiger partial charge is 0.454 e. The van der Waals surface area contributed by atoms with E-state index in [0.717, 1.165) is 17.0 Å². The molecule has 0 atom stereocenters. The van der Waals surface area contributed by atoms with Crippen molar-refractivity contribution in [3.63, 3.8) is 0 Å². The van der Waals surface area contributed by atoms with Crippen LogP contribution in [0.4, 0.5) is 0 Å². The summed E-state index contributed by atoms with van der Waals surface area (Å²) < 4.78 is 10.1. The van der Waals surface area contributed by atoms with Crippen LogP contribution in [-0.2, 0) is 11.3 Å². The highest BCUT2D eigenvalue weighted by molar-refractivity contribution is 6.32. The Morgan fingerprint density at radius 3 is 2.63 bits per heavy atom. The molecule has 2 rings (SSSR count). The Kier molecular flexibility index (Phi) is 3.85. The summed E-state index contributed by atoms with van der Waals surface area (Å²) >= 11 is 5.97. The van der Waals surface area contributed by atoms with E-state index in [1.807, 2.05) is 6.92 Å². The summed E-state index contributed by atoms with van der Waals surface area (Å²) in [4.78, 5) is 16.0. The third-order valence-electron chi connectivity index (χ3n) is 2.53. The monoisotopic (exact) mass is 280 g/mol. The van der Waals surface area contributed by atoms with Crippen LogP contribution in [0.5, 0.6) is 0 Å². The van der Waals surface area contributed by atoms with E-state index in [1.54, 1.807) is 26.0 Å². The molecule has 0 bridgehead atoms. The summed E-state index contributed by atoms with van der Waals surface area (Å²) in [5.74, 6) is -0.0382. The van der Waals surface area contributed by atoms with Gasteiger partial charge in [0.15, 0.2) is 12.4 Å². The van der Waals surface area contributed by atoms with Crippen LogP contribution >= 0.6 is 11.6 Å². The molecular weight excluding hydrogens is 268 g/mol. The summed E-state index contributed by atoms with van der Waals surface area (Å²) in [7, 11) is 0. The molecule has 0 unspecified atom stereocenters. The number of ether oxygens (including phenoxy) is 1. The van der Waals surface area contributed by atoms with Crippen LogP contribution in [0.3, 0.4) is 0 Å². The summed E-state index contributed by atoms with van der Waals surface area (Å²) in [6.45, 7) is 5.41. The first-order chi connectivity index (χ1) is 8.97. The number of rotatable bonds is 3. The average Bonchev–Trinajstić information content (AvgIpc) is 2.71. The standard InChI is InChI=1S/C13H13ClN2O3/c1-7-4-8(2)15-12(14)11(7)13(17)18-6-10-5-9(3)16-19-10/h4-5H,6H2,1-3H3. The first kappa shape index (κ1) is 13.5. The lowest BCUT2D eigenvalue weighted by atomic mass is 10.1. The van der Waals surface area contributed by atoms with Gasteiger partial charge in [-0.25, -0.2) is 9.78 Å². The molecule has 0 aromatic carbocycles. The van der Waals surface area contributed by atoms with Gasteiger partial charge in [0.2, 0.25) is 0 Å². The quantitative estimate of drug-likeness (QED) is 0.639. The Morgan fingerprint density at radius 1 is 1.32 bits per heavy atom. The molecule has 0 amide bonds. The molecule has 5 nitrogen and oxygen atoms in total. The minimum absolute atomic E-state index is 0.0172. The van der Waals surface area contributed by atoms with E-state index in [9.17, 15) is 4.79 Å². The molecule has 100 valence electrons. The number of nitrogens with zero attached hydrogens (tertiary/aromatic N) is 2. The number of hydrogen-bond donors (Lipinski definition) is 0. The third-order valence-corrected chi connectivity index (χ3v) is 2.80. The van der Waals surface area contributed by atoms with Gasteiger partial charge in [-0.1, -0.05) is 16.8 Å². The lowest BCUT2D eigenvalue weighted by Crippen LogP contribution is -2.09. The average molecular weight is 281 g/mol. The molecule has 0 N–H and O–H groups in total. The van der Waals surface area contributed by atoms with Crippen LogP contribution in [0.25, 0.3) is 0 Å². The Hall–Kier alpha value is -1.88. The number of carbonyl (C=O) groups excluding carboxylic acids is 1. The van der Waals surface area contributed by atoms with Crippen LogP contribution in [-0.4, -0.2) is 16.1 Å². The molecule has 0 saturated heterocycles. The summed E-state index contributed by atoms with van der Waals surface area (Å²) in [6.07, 6.45) is 0. The van der Waals surface area contributed by atoms with Gasteiger partial charge in [-0.3, -0.25) is 0 Å². The maximum atomic E-state index is 12.0. The number of aromatic nitrogens is 2. The number of carbonyl (C=O) groups is 1. The molecule has 2 heterocycles. The molecule has 0 radical (unpaired) electrons. The zero-order chi connectivity index (χ0) is 14.0. The second-order valence-electron chi connectivity index (χ2n) is 4.26. The normalized spacial score (nSPS) is 10.5. The van der Waals surface area contributed by atoms with Gasteiger partial charge in [-0.05, 0) is 32.4 Å². The molecule has 0 aliphatic rings. The van der Waals surface area contributed by atoms with Gasteiger partial charge < -0.3 is 9.26 Å². The predicted octanol–water partition coefficient (Wildman–Crippen LogP) is 3.01. The molecule has 2 aromatic heterocycles. The number of pyridine rings is 1. The van der Waals surface area contributed by atoms with E-state index < -0.39 is 5.97 Å². The smallest absolute Gasteiger partial charge is 0.342 e. The highest BCUT2D eigenvalue weighted by Crippen LogP contribution is 2.20. The predicted molar refractivity (Wildman–Crippen MR) is 69.1 cm³/mol. The van der Waals surface area contributed by atoms with Crippen LogP contribution in [0.2, 0.25) is 5.15 Å². The van der Waals surface area contributed by atoms with Crippen molar-refractivity contribution >= 4 is 17.6 Å². The SMILES string of the molecule is Cc1cc(COC(=O)c2c(C)cc(C)nc2Cl)on1. The Labute approximate surface area is 115 Å². The first-order valence-electron chi connectivity index (χ1n) is 5.70. The van der Waals surface area contributed by atoms with Gasteiger partial charge in [0.05, 0.1) is 11.3 Å². The maximum Gasteiger partial charge on any atom is 0.342 e. The van der Waals surface area contributed by atoms with Gasteiger partial charge in [-0.2, -0.15) is 0 Å². The maximum absolute atomic E-state index is 12.0. The highest BCUT2D eigenvalue weighted by Gasteiger charge is 2.17. The molecular formula is C13H13ClN2O3. The number of halogens is 1. The molecule has 0 spiro atoms. The summed E-state index contributed by atoms with van der Waals surface area (Å²) in [5, 5.41) is 3.86. The van der Waals surface area contributed by atoms with Crippen molar-refractivity contribution in [3.8, 4) is 0 Å². The Morgan fingerprint density at radius 2 is 2.05 bits per heavy atom. The summed E-state index contributed by atoms with van der Waals surface area (Å²) in [6, 6.07) is 3.48. The lowest BCUT2D eigenvalue weighted by molar-refractivity contribution is 0.0436. The molecule has 0 aliphatic carbocycles. The highest BCUT2D eigenvalue weighted by atomic mass is 35.5. The Balaban J connectivity index is 2.12. The molecule has 0 aliphatic heterocycles. The fourth-order valence-corrected chi connectivity index (χ4v) is 2.09. The minimum Gasteiger partial charge on any atom is -0.454 e. The third kappa shape index (κ3) is 3.12. The fraction of sp³-hybridized carbons (Fsp3) is 0.308. The van der Waals surface area contributed by atoms with Gasteiger partial charge in [0, 0.05) is 11.8 Å². The molecule has 0 fully saturated rings. The zero-order valence-corrected chi connectivity index (χ0v) is 11.6. The fourth-order valence-electron chi connectivity index (χ4n) is 1.73. The van der Waals surface area contributed by atoms with Crippen molar-refractivity contribution in [1.29, 1.82) is 0 Å². The topological polar surface area (TPSA) is 65.2 Å². The van der Waals surface area contributed by atoms with E-state index >= 15 is 0 Å². The van der Waals surface area contributed by atoms with Crippen LogP contribution in [0.1, 0.15) is 33.1 Å². The molecule has 2 aromatic rings. The van der Waals surface area contributed by atoms with Crippen molar-refractivity contribution in [3.05, 3.63) is 45.6 Å². The minimum atomic E-state index is -0.524. The van der Waals surface area contributed by atoms with E-state index in [0.29, 0.717) is 5.76 Å². The first-order valence-corrected chi connectivity index (χ1v) is 6.08. The lowest BCUT2D eigenvalue weighted by Gasteiger charge is -2.08. The second-order valence-corrected chi connectivity index (χ2v) is 4.62. The molecule has 0 saturated carbocycles.